The summed E-state index contributed by atoms with van der Waals surface area (Å²) in [6.45, 7) is 2.91. The monoisotopic (exact) mass is 496 g/mol. The lowest BCUT2D eigenvalue weighted by molar-refractivity contribution is -0.165. The summed E-state index contributed by atoms with van der Waals surface area (Å²) in [6.07, 6.45) is 8.16. The minimum atomic E-state index is -1.20. The predicted octanol–water partition coefficient (Wildman–Crippen LogP) is 2.04. The fraction of sp³-hybridized carbons (Fsp3) is 0.556. The van der Waals surface area contributed by atoms with Gasteiger partial charge in [-0.1, -0.05) is 6.42 Å². The number of carbonyl (C=O) groups is 2. The van der Waals surface area contributed by atoms with Crippen molar-refractivity contribution in [3.8, 4) is 0 Å². The fourth-order valence-corrected chi connectivity index (χ4v) is 5.10. The van der Waals surface area contributed by atoms with Crippen LogP contribution in [0.4, 0.5) is 0 Å². The lowest BCUT2D eigenvalue weighted by Crippen LogP contribution is -2.45. The lowest BCUT2D eigenvalue weighted by atomic mass is 9.74. The Morgan fingerprint density at radius 2 is 1.75 bits per heavy atom. The van der Waals surface area contributed by atoms with Gasteiger partial charge in [0.05, 0.1) is 17.1 Å². The van der Waals surface area contributed by atoms with Crippen LogP contribution in [0.2, 0.25) is 0 Å². The van der Waals surface area contributed by atoms with E-state index in [4.69, 9.17) is 4.74 Å². The number of nitrogens with zero attached hydrogens (tertiary/aromatic N) is 4. The Hall–Kier alpha value is -2.88. The first kappa shape index (κ1) is 26.2. The highest BCUT2D eigenvalue weighted by Gasteiger charge is 2.42. The Labute approximate surface area is 212 Å². The molecule has 36 heavy (non-hydrogen) atoms. The molecule has 1 amide bonds. The standard InChI is InChI=1S/C27H36N4O5/c32-23-7-15-31(25(34)22-4-3-11-29-18-22)14-2-1-8-27(26(35)36-20-24(23)33)9-16-30(17-10-27)19-21-5-12-28-13-6-21/h3-6,11-13,18,23-24,32-33H,1-2,7-10,14-17,19-20H2/t23-,24+/m0/s1. The number of aliphatic hydroxyl groups is 2. The van der Waals surface area contributed by atoms with Gasteiger partial charge < -0.3 is 19.8 Å². The highest BCUT2D eigenvalue weighted by Crippen LogP contribution is 2.38. The summed E-state index contributed by atoms with van der Waals surface area (Å²) in [7, 11) is 0. The van der Waals surface area contributed by atoms with E-state index >= 15 is 0 Å². The molecular formula is C27H36N4O5. The number of likely N-dealkylation sites (tertiary alicyclic amines) is 1. The average Bonchev–Trinajstić information content (AvgIpc) is 2.92. The molecule has 2 aliphatic heterocycles. The molecule has 4 heterocycles. The van der Waals surface area contributed by atoms with Gasteiger partial charge in [-0.25, -0.2) is 0 Å². The van der Waals surface area contributed by atoms with Gasteiger partial charge in [-0.15, -0.1) is 0 Å². The van der Waals surface area contributed by atoms with E-state index in [0.717, 1.165) is 32.5 Å². The largest absolute Gasteiger partial charge is 0.462 e. The van der Waals surface area contributed by atoms with Crippen LogP contribution in [-0.2, 0) is 16.1 Å². The third-order valence-electron chi connectivity index (χ3n) is 7.45. The molecule has 2 aromatic heterocycles. The molecular weight excluding hydrogens is 460 g/mol. The number of ether oxygens (including phenoxy) is 1. The molecule has 0 bridgehead atoms. The maximum Gasteiger partial charge on any atom is 0.312 e. The smallest absolute Gasteiger partial charge is 0.312 e. The van der Waals surface area contributed by atoms with Crippen molar-refractivity contribution in [2.45, 2.75) is 57.3 Å². The summed E-state index contributed by atoms with van der Waals surface area (Å²) in [4.78, 5) is 38.5. The van der Waals surface area contributed by atoms with Gasteiger partial charge in [-0.05, 0) is 75.0 Å². The summed E-state index contributed by atoms with van der Waals surface area (Å²) in [6, 6.07) is 7.45. The molecule has 0 unspecified atom stereocenters. The molecule has 9 heteroatoms. The van der Waals surface area contributed by atoms with E-state index in [1.165, 1.54) is 11.8 Å². The summed E-state index contributed by atoms with van der Waals surface area (Å²) >= 11 is 0. The van der Waals surface area contributed by atoms with Gasteiger partial charge in [0.25, 0.3) is 5.91 Å². The fourth-order valence-electron chi connectivity index (χ4n) is 5.10. The van der Waals surface area contributed by atoms with E-state index in [1.54, 1.807) is 35.6 Å². The van der Waals surface area contributed by atoms with Gasteiger partial charge in [-0.2, -0.15) is 0 Å². The topological polar surface area (TPSA) is 116 Å². The Kier molecular flexibility index (Phi) is 9.01. The van der Waals surface area contributed by atoms with Crippen molar-refractivity contribution >= 4 is 11.9 Å². The second kappa shape index (κ2) is 12.4. The van der Waals surface area contributed by atoms with Crippen molar-refractivity contribution < 1.29 is 24.5 Å². The number of amides is 1. The minimum absolute atomic E-state index is 0.147. The van der Waals surface area contributed by atoms with Crippen molar-refractivity contribution in [3.05, 3.63) is 60.2 Å². The van der Waals surface area contributed by atoms with Crippen molar-refractivity contribution in [2.75, 3.05) is 32.8 Å². The second-order valence-corrected chi connectivity index (χ2v) is 9.92. The van der Waals surface area contributed by atoms with E-state index in [9.17, 15) is 19.8 Å². The molecule has 9 nitrogen and oxygen atoms in total. The Morgan fingerprint density at radius 3 is 2.47 bits per heavy atom. The van der Waals surface area contributed by atoms with Crippen LogP contribution in [0.1, 0.15) is 54.4 Å². The zero-order valence-corrected chi connectivity index (χ0v) is 20.7. The molecule has 2 N–H and O–H groups in total. The number of hydrogen-bond acceptors (Lipinski definition) is 8. The number of aromatic nitrogens is 2. The summed E-state index contributed by atoms with van der Waals surface area (Å²) < 4.78 is 5.56. The minimum Gasteiger partial charge on any atom is -0.462 e. The van der Waals surface area contributed by atoms with Crippen LogP contribution in [0.5, 0.6) is 0 Å². The van der Waals surface area contributed by atoms with Gasteiger partial charge in [0.1, 0.15) is 12.7 Å². The molecule has 0 radical (unpaired) electrons. The van der Waals surface area contributed by atoms with Crippen LogP contribution in [0.15, 0.2) is 49.1 Å². The average molecular weight is 497 g/mol. The number of esters is 1. The second-order valence-electron chi connectivity index (χ2n) is 9.92. The zero-order chi connectivity index (χ0) is 25.4. The number of cyclic esters (lactones) is 1. The Morgan fingerprint density at radius 1 is 0.972 bits per heavy atom. The number of rotatable bonds is 3. The first-order chi connectivity index (χ1) is 17.5. The van der Waals surface area contributed by atoms with Crippen LogP contribution in [0.3, 0.4) is 0 Å². The van der Waals surface area contributed by atoms with E-state index in [2.05, 4.69) is 14.9 Å². The number of carbonyl (C=O) groups excluding carboxylic acids is 2. The van der Waals surface area contributed by atoms with Gasteiger partial charge in [-0.3, -0.25) is 24.5 Å². The quantitative estimate of drug-likeness (QED) is 0.621. The van der Waals surface area contributed by atoms with Crippen molar-refractivity contribution in [1.82, 2.24) is 19.8 Å². The molecule has 194 valence electrons. The first-order valence-electron chi connectivity index (χ1n) is 12.8. The maximum absolute atomic E-state index is 13.3. The zero-order valence-electron chi connectivity index (χ0n) is 20.7. The molecule has 4 rings (SSSR count). The molecule has 2 saturated heterocycles. The molecule has 2 fully saturated rings. The van der Waals surface area contributed by atoms with E-state index in [1.807, 2.05) is 12.1 Å². The van der Waals surface area contributed by atoms with E-state index < -0.39 is 17.6 Å². The van der Waals surface area contributed by atoms with Crippen LogP contribution < -0.4 is 0 Å². The van der Waals surface area contributed by atoms with Crippen LogP contribution in [0.25, 0.3) is 0 Å². The number of aliphatic hydroxyl groups excluding tert-OH is 2. The molecule has 0 aromatic carbocycles. The Bertz CT molecular complexity index is 982. The van der Waals surface area contributed by atoms with Gasteiger partial charge in [0.15, 0.2) is 0 Å². The molecule has 2 aromatic rings. The highest BCUT2D eigenvalue weighted by molar-refractivity contribution is 5.93. The molecule has 1 spiro atoms. The number of piperidine rings is 1. The van der Waals surface area contributed by atoms with E-state index in [-0.39, 0.29) is 24.9 Å². The van der Waals surface area contributed by atoms with Crippen molar-refractivity contribution in [3.63, 3.8) is 0 Å². The lowest BCUT2D eigenvalue weighted by Gasteiger charge is -2.40. The normalized spacial score (nSPS) is 24.3. The summed E-state index contributed by atoms with van der Waals surface area (Å²) in [5.41, 5.74) is 1.06. The van der Waals surface area contributed by atoms with E-state index in [0.29, 0.717) is 37.9 Å². The van der Waals surface area contributed by atoms with Gasteiger partial charge in [0.2, 0.25) is 0 Å². The SMILES string of the molecule is O=C(c1cccnc1)N1CCCCC2(CCN(Cc3ccncc3)CC2)C(=O)OC[C@@H](O)[C@@H](O)CC1. The first-order valence-corrected chi connectivity index (χ1v) is 12.8. The molecule has 0 saturated carbocycles. The van der Waals surface area contributed by atoms with Crippen molar-refractivity contribution in [2.24, 2.45) is 5.41 Å². The predicted molar refractivity (Wildman–Crippen MR) is 133 cm³/mol. The number of pyridine rings is 2. The Balaban J connectivity index is 1.43. The summed E-state index contributed by atoms with van der Waals surface area (Å²) in [5, 5.41) is 20.9. The third kappa shape index (κ3) is 6.66. The number of hydrogen-bond donors (Lipinski definition) is 2. The maximum atomic E-state index is 13.3. The molecule has 2 atom stereocenters. The van der Waals surface area contributed by atoms with Gasteiger partial charge >= 0.3 is 5.97 Å². The van der Waals surface area contributed by atoms with Gasteiger partial charge in [0, 0.05) is 44.4 Å². The molecule has 2 aliphatic rings. The third-order valence-corrected chi connectivity index (χ3v) is 7.45. The van der Waals surface area contributed by atoms with Crippen LogP contribution in [0, 0.1) is 5.41 Å². The van der Waals surface area contributed by atoms with Crippen LogP contribution in [-0.4, -0.2) is 86.9 Å². The molecule has 0 aliphatic carbocycles. The highest BCUT2D eigenvalue weighted by atomic mass is 16.5. The van der Waals surface area contributed by atoms with Crippen LogP contribution >= 0.6 is 0 Å². The van der Waals surface area contributed by atoms with Crippen molar-refractivity contribution in [1.29, 1.82) is 0 Å². The summed E-state index contributed by atoms with van der Waals surface area (Å²) in [5.74, 6) is -0.439.